The van der Waals surface area contributed by atoms with Gasteiger partial charge in [0.25, 0.3) is 0 Å². The first-order valence-electron chi connectivity index (χ1n) is 10.3. The summed E-state index contributed by atoms with van der Waals surface area (Å²) in [7, 11) is -3.65. The van der Waals surface area contributed by atoms with Crippen LogP contribution in [0.3, 0.4) is 0 Å². The van der Waals surface area contributed by atoms with Crippen LogP contribution in [-0.4, -0.2) is 46.5 Å². The van der Waals surface area contributed by atoms with Crippen molar-refractivity contribution in [3.05, 3.63) is 41.5 Å². The van der Waals surface area contributed by atoms with E-state index in [1.54, 1.807) is 6.07 Å². The SMILES string of the molecule is CS(=O)(=O)c1c(C2CC3CCC(C2)N3)nc2c(-c3ccc(CO)c(F)c3)cnn2c1N. The summed E-state index contributed by atoms with van der Waals surface area (Å²) in [6, 6.07) is 5.20. The van der Waals surface area contributed by atoms with E-state index in [4.69, 9.17) is 10.7 Å². The van der Waals surface area contributed by atoms with Gasteiger partial charge in [-0.15, -0.1) is 0 Å². The standard InChI is InChI=1S/C21H24FN5O3S/c1-31(29,30)19-18(13-6-14-4-5-15(7-13)25-14)26-21-16(9-24-27(21)20(19)23)11-2-3-12(10-28)17(22)8-11/h2-3,8-9,13-15,25,28H,4-7,10,23H2,1H3. The Kier molecular flexibility index (Phi) is 4.76. The van der Waals surface area contributed by atoms with E-state index in [-0.39, 0.29) is 22.2 Å². The van der Waals surface area contributed by atoms with Crippen LogP contribution in [0.1, 0.15) is 42.9 Å². The van der Waals surface area contributed by atoms with Gasteiger partial charge in [-0.25, -0.2) is 17.8 Å². The second kappa shape index (κ2) is 7.25. The number of nitrogen functional groups attached to an aromatic ring is 1. The van der Waals surface area contributed by atoms with Crippen LogP contribution >= 0.6 is 0 Å². The van der Waals surface area contributed by atoms with E-state index in [2.05, 4.69) is 10.4 Å². The Hall–Kier alpha value is -2.56. The van der Waals surface area contributed by atoms with Crippen LogP contribution in [-0.2, 0) is 16.4 Å². The Morgan fingerprint density at radius 3 is 2.61 bits per heavy atom. The molecule has 2 aromatic heterocycles. The summed E-state index contributed by atoms with van der Waals surface area (Å²) in [5.41, 5.74) is 8.46. The van der Waals surface area contributed by atoms with Gasteiger partial charge in [0.1, 0.15) is 16.5 Å². The number of anilines is 1. The maximum absolute atomic E-state index is 14.3. The molecule has 2 fully saturated rings. The molecule has 10 heteroatoms. The fourth-order valence-corrected chi connectivity index (χ4v) is 6.06. The molecular formula is C21H24FN5O3S. The lowest BCUT2D eigenvalue weighted by molar-refractivity contribution is 0.276. The molecule has 0 spiro atoms. The lowest BCUT2D eigenvalue weighted by Crippen LogP contribution is -2.38. The van der Waals surface area contributed by atoms with Gasteiger partial charge in [-0.3, -0.25) is 0 Å². The molecule has 2 bridgehead atoms. The summed E-state index contributed by atoms with van der Waals surface area (Å²) in [5.74, 6) is -0.547. The summed E-state index contributed by atoms with van der Waals surface area (Å²) in [5, 5.41) is 17.0. The molecule has 4 N–H and O–H groups in total. The molecule has 0 radical (unpaired) electrons. The van der Waals surface area contributed by atoms with Crippen molar-refractivity contribution >= 4 is 21.3 Å². The van der Waals surface area contributed by atoms with Crippen LogP contribution in [0.5, 0.6) is 0 Å². The highest BCUT2D eigenvalue weighted by molar-refractivity contribution is 7.91. The van der Waals surface area contributed by atoms with Crippen molar-refractivity contribution in [3.63, 3.8) is 0 Å². The summed E-state index contributed by atoms with van der Waals surface area (Å²) in [6.45, 7) is -0.397. The van der Waals surface area contributed by atoms with Gasteiger partial charge in [0.15, 0.2) is 15.5 Å². The Labute approximate surface area is 179 Å². The number of benzene rings is 1. The summed E-state index contributed by atoms with van der Waals surface area (Å²) in [6.07, 6.45) is 6.38. The molecule has 3 aromatic rings. The van der Waals surface area contributed by atoms with E-state index in [0.717, 1.165) is 31.9 Å². The lowest BCUT2D eigenvalue weighted by Gasteiger charge is -2.30. The highest BCUT2D eigenvalue weighted by Crippen LogP contribution is 2.41. The molecule has 2 atom stereocenters. The number of rotatable bonds is 4. The predicted molar refractivity (Wildman–Crippen MR) is 114 cm³/mol. The number of aromatic nitrogens is 3. The van der Waals surface area contributed by atoms with Crippen LogP contribution in [0.15, 0.2) is 29.3 Å². The van der Waals surface area contributed by atoms with Gasteiger partial charge in [-0.1, -0.05) is 12.1 Å². The average molecular weight is 446 g/mol. The average Bonchev–Trinajstić information content (AvgIpc) is 3.29. The molecule has 2 saturated heterocycles. The Morgan fingerprint density at radius 2 is 2.00 bits per heavy atom. The second-order valence-corrected chi connectivity index (χ2v) is 10.5. The summed E-state index contributed by atoms with van der Waals surface area (Å²) in [4.78, 5) is 4.80. The van der Waals surface area contributed by atoms with E-state index in [0.29, 0.717) is 34.6 Å². The number of piperidine rings is 1. The van der Waals surface area contributed by atoms with Crippen LogP contribution in [0.2, 0.25) is 0 Å². The number of halogens is 1. The Bertz CT molecular complexity index is 1280. The zero-order valence-electron chi connectivity index (χ0n) is 17.0. The molecule has 2 aliphatic heterocycles. The minimum absolute atomic E-state index is 0.0204. The normalized spacial score (nSPS) is 23.5. The van der Waals surface area contributed by atoms with Crippen LogP contribution in [0.4, 0.5) is 10.2 Å². The van der Waals surface area contributed by atoms with Gasteiger partial charge in [0.2, 0.25) is 0 Å². The largest absolute Gasteiger partial charge is 0.392 e. The van der Waals surface area contributed by atoms with E-state index >= 15 is 0 Å². The number of nitrogens with zero attached hydrogens (tertiary/aromatic N) is 3. The van der Waals surface area contributed by atoms with E-state index in [1.165, 1.54) is 22.8 Å². The third-order valence-corrected chi connectivity index (χ3v) is 7.59. The number of nitrogens with one attached hydrogen (secondary N) is 1. The first-order valence-corrected chi connectivity index (χ1v) is 12.2. The number of nitrogens with two attached hydrogens (primary N) is 1. The number of fused-ring (bicyclic) bond motifs is 3. The van der Waals surface area contributed by atoms with Crippen molar-refractivity contribution < 1.29 is 17.9 Å². The third-order valence-electron chi connectivity index (χ3n) is 6.43. The van der Waals surface area contributed by atoms with Gasteiger partial charge in [0, 0.05) is 35.4 Å². The maximum Gasteiger partial charge on any atom is 0.180 e. The second-order valence-electron chi connectivity index (χ2n) is 8.55. The predicted octanol–water partition coefficient (Wildman–Crippen LogP) is 2.01. The van der Waals surface area contributed by atoms with Gasteiger partial charge in [-0.05, 0) is 37.3 Å². The Balaban J connectivity index is 1.71. The molecule has 4 heterocycles. The smallest absolute Gasteiger partial charge is 0.180 e. The monoisotopic (exact) mass is 445 g/mol. The van der Waals surface area contributed by atoms with Gasteiger partial charge in [-0.2, -0.15) is 9.61 Å². The minimum Gasteiger partial charge on any atom is -0.392 e. The molecule has 2 unspecified atom stereocenters. The fraction of sp³-hybridized carbons (Fsp3) is 0.429. The number of sulfone groups is 1. The van der Waals surface area contributed by atoms with Crippen LogP contribution < -0.4 is 11.1 Å². The lowest BCUT2D eigenvalue weighted by atomic mass is 9.89. The minimum atomic E-state index is -3.65. The molecule has 1 aromatic carbocycles. The zero-order valence-corrected chi connectivity index (χ0v) is 17.9. The quantitative estimate of drug-likeness (QED) is 0.561. The maximum atomic E-state index is 14.3. The molecule has 0 saturated carbocycles. The fourth-order valence-electron chi connectivity index (χ4n) is 5.00. The third kappa shape index (κ3) is 3.38. The molecular weight excluding hydrogens is 421 g/mol. The van der Waals surface area contributed by atoms with Gasteiger partial charge < -0.3 is 16.2 Å². The van der Waals surface area contributed by atoms with Gasteiger partial charge in [0.05, 0.1) is 18.5 Å². The molecule has 8 nitrogen and oxygen atoms in total. The van der Waals surface area contributed by atoms with Gasteiger partial charge >= 0.3 is 0 Å². The molecule has 0 amide bonds. The van der Waals surface area contributed by atoms with E-state index in [1.807, 2.05) is 0 Å². The number of aliphatic hydroxyl groups excluding tert-OH is 1. The zero-order chi connectivity index (χ0) is 21.9. The molecule has 2 aliphatic rings. The van der Waals surface area contributed by atoms with Crippen molar-refractivity contribution in [2.45, 2.75) is 55.2 Å². The topological polar surface area (TPSA) is 123 Å². The first kappa shape index (κ1) is 20.3. The molecule has 5 rings (SSSR count). The highest BCUT2D eigenvalue weighted by Gasteiger charge is 2.38. The first-order chi connectivity index (χ1) is 14.8. The van der Waals surface area contributed by atoms with Crippen molar-refractivity contribution in [1.29, 1.82) is 0 Å². The van der Waals surface area contributed by atoms with Crippen LogP contribution in [0, 0.1) is 5.82 Å². The number of aliphatic hydroxyl groups is 1. The highest BCUT2D eigenvalue weighted by atomic mass is 32.2. The van der Waals surface area contributed by atoms with E-state index in [9.17, 15) is 17.9 Å². The van der Waals surface area contributed by atoms with E-state index < -0.39 is 22.3 Å². The van der Waals surface area contributed by atoms with Crippen molar-refractivity contribution in [2.75, 3.05) is 12.0 Å². The molecule has 0 aliphatic carbocycles. The summed E-state index contributed by atoms with van der Waals surface area (Å²) >= 11 is 0. The number of hydrogen-bond acceptors (Lipinski definition) is 7. The number of hydrogen-bond donors (Lipinski definition) is 3. The summed E-state index contributed by atoms with van der Waals surface area (Å²) < 4.78 is 41.0. The van der Waals surface area contributed by atoms with Crippen molar-refractivity contribution in [1.82, 2.24) is 19.9 Å². The molecule has 164 valence electrons. The van der Waals surface area contributed by atoms with Crippen LogP contribution in [0.25, 0.3) is 16.8 Å². The molecule has 31 heavy (non-hydrogen) atoms. The van der Waals surface area contributed by atoms with Crippen molar-refractivity contribution in [3.8, 4) is 11.1 Å². The Morgan fingerprint density at radius 1 is 1.29 bits per heavy atom. The van der Waals surface area contributed by atoms with Crippen molar-refractivity contribution in [2.24, 2.45) is 0 Å².